The van der Waals surface area contributed by atoms with Crippen molar-refractivity contribution < 1.29 is 32.6 Å². The molecule has 0 radical (unpaired) electrons. The summed E-state index contributed by atoms with van der Waals surface area (Å²) in [7, 11) is 0. The van der Waals surface area contributed by atoms with Crippen LogP contribution in [0.15, 0.2) is 101 Å². The van der Waals surface area contributed by atoms with Gasteiger partial charge in [-0.2, -0.15) is 13.2 Å². The number of nitrogens with one attached hydrogen (secondary N) is 2. The summed E-state index contributed by atoms with van der Waals surface area (Å²) in [5.74, 6) is -1.26. The Morgan fingerprint density at radius 2 is 1.10 bits per heavy atom. The monoisotopic (exact) mass is 582 g/mol. The van der Waals surface area contributed by atoms with E-state index in [1.165, 1.54) is 72.8 Å². The third kappa shape index (κ3) is 7.24. The quantitative estimate of drug-likeness (QED) is 0.165. The molecule has 0 aliphatic heterocycles. The van der Waals surface area contributed by atoms with Crippen LogP contribution in [0, 0.1) is 20.2 Å². The molecular formula is C27H17F3N4O6S. The van der Waals surface area contributed by atoms with Crippen molar-refractivity contribution in [1.29, 1.82) is 0 Å². The lowest BCUT2D eigenvalue weighted by Gasteiger charge is -2.15. The van der Waals surface area contributed by atoms with Crippen molar-refractivity contribution >= 4 is 46.3 Å². The summed E-state index contributed by atoms with van der Waals surface area (Å²) in [4.78, 5) is 45.5. The van der Waals surface area contributed by atoms with Crippen LogP contribution < -0.4 is 10.6 Å². The zero-order valence-electron chi connectivity index (χ0n) is 20.5. The fourth-order valence-corrected chi connectivity index (χ4v) is 4.47. The summed E-state index contributed by atoms with van der Waals surface area (Å²) in [6, 6.07) is 18.9. The van der Waals surface area contributed by atoms with E-state index in [-0.39, 0.29) is 33.1 Å². The molecule has 0 fully saturated rings. The fraction of sp³-hybridized carbons (Fsp3) is 0.0370. The van der Waals surface area contributed by atoms with Crippen LogP contribution in [0.1, 0.15) is 26.3 Å². The number of nitro benzene ring substituents is 2. The molecule has 0 saturated carbocycles. The van der Waals surface area contributed by atoms with Crippen LogP contribution in [0.2, 0.25) is 0 Å². The minimum absolute atomic E-state index is 0.0309. The zero-order valence-corrected chi connectivity index (χ0v) is 21.4. The molecule has 0 unspecified atom stereocenters. The number of amides is 2. The van der Waals surface area contributed by atoms with Gasteiger partial charge in [0.2, 0.25) is 0 Å². The third-order valence-electron chi connectivity index (χ3n) is 5.56. The van der Waals surface area contributed by atoms with Gasteiger partial charge in [0, 0.05) is 56.6 Å². The number of nitro groups is 2. The number of nitrogens with zero attached hydrogens (tertiary/aromatic N) is 2. The lowest BCUT2D eigenvalue weighted by atomic mass is 10.1. The third-order valence-corrected chi connectivity index (χ3v) is 6.65. The summed E-state index contributed by atoms with van der Waals surface area (Å²) in [5.41, 5.74) is -0.928. The van der Waals surface area contributed by atoms with Crippen LogP contribution in [0.3, 0.4) is 0 Å². The Hall–Kier alpha value is -5.24. The molecule has 0 aliphatic carbocycles. The highest BCUT2D eigenvalue weighted by Crippen LogP contribution is 2.41. The van der Waals surface area contributed by atoms with Crippen molar-refractivity contribution in [2.45, 2.75) is 16.0 Å². The Bertz CT molecular complexity index is 1630. The summed E-state index contributed by atoms with van der Waals surface area (Å²) in [5, 5.41) is 26.5. The van der Waals surface area contributed by atoms with Gasteiger partial charge in [-0.3, -0.25) is 29.8 Å². The molecule has 0 saturated heterocycles. The lowest BCUT2D eigenvalue weighted by molar-refractivity contribution is -0.385. The van der Waals surface area contributed by atoms with Crippen LogP contribution in [0.4, 0.5) is 35.9 Å². The van der Waals surface area contributed by atoms with Gasteiger partial charge < -0.3 is 10.6 Å². The van der Waals surface area contributed by atoms with E-state index in [0.29, 0.717) is 10.6 Å². The first kappa shape index (κ1) is 28.8. The fourth-order valence-electron chi connectivity index (χ4n) is 3.53. The number of carbonyl (C=O) groups excluding carboxylic acids is 2. The standard InChI is InChI=1S/C27H17F3N4O6S/c28-27(29,30)23-15-19(32-26(36)17-3-10-21(11-4-17)34(39)40)7-14-24(23)41-22-12-5-18(6-13-22)31-25(35)16-1-8-20(9-2-16)33(37)38/h1-15H,(H,31,35)(H,32,36). The van der Waals surface area contributed by atoms with Gasteiger partial charge in [0.25, 0.3) is 23.2 Å². The molecule has 2 N–H and O–H groups in total. The van der Waals surface area contributed by atoms with E-state index in [4.69, 9.17) is 0 Å². The van der Waals surface area contributed by atoms with Gasteiger partial charge >= 0.3 is 6.18 Å². The number of carbonyl (C=O) groups is 2. The van der Waals surface area contributed by atoms with Gasteiger partial charge in [-0.25, -0.2) is 0 Å². The van der Waals surface area contributed by atoms with E-state index in [9.17, 15) is 43.0 Å². The second-order valence-corrected chi connectivity index (χ2v) is 9.47. The average molecular weight is 583 g/mol. The first-order valence-corrected chi connectivity index (χ1v) is 12.3. The number of rotatable bonds is 8. The van der Waals surface area contributed by atoms with Gasteiger partial charge in [0.05, 0.1) is 15.4 Å². The highest BCUT2D eigenvalue weighted by molar-refractivity contribution is 7.99. The Labute approximate surface area is 233 Å². The molecule has 2 amide bonds. The molecule has 14 heteroatoms. The molecule has 0 aliphatic rings. The van der Waals surface area contributed by atoms with Crippen molar-refractivity contribution in [3.8, 4) is 0 Å². The molecule has 4 rings (SSSR count). The molecule has 4 aromatic carbocycles. The van der Waals surface area contributed by atoms with Gasteiger partial charge in [0.1, 0.15) is 0 Å². The van der Waals surface area contributed by atoms with Crippen molar-refractivity contribution in [2.24, 2.45) is 0 Å². The van der Waals surface area contributed by atoms with Gasteiger partial charge in [-0.15, -0.1) is 0 Å². The molecule has 0 bridgehead atoms. The maximum Gasteiger partial charge on any atom is 0.417 e. The van der Waals surface area contributed by atoms with Crippen molar-refractivity contribution in [3.05, 3.63) is 128 Å². The minimum atomic E-state index is -4.74. The predicted octanol–water partition coefficient (Wildman–Crippen LogP) is 7.18. The first-order valence-electron chi connectivity index (χ1n) is 11.5. The van der Waals surface area contributed by atoms with E-state index in [0.717, 1.165) is 30.0 Å². The summed E-state index contributed by atoms with van der Waals surface area (Å²) >= 11 is 0.825. The normalized spacial score (nSPS) is 11.0. The number of halogens is 3. The Balaban J connectivity index is 1.46. The summed E-state index contributed by atoms with van der Waals surface area (Å²) in [6.45, 7) is 0. The van der Waals surface area contributed by atoms with Crippen LogP contribution in [-0.2, 0) is 6.18 Å². The van der Waals surface area contributed by atoms with Gasteiger partial charge in [-0.05, 0) is 66.7 Å². The van der Waals surface area contributed by atoms with Crippen molar-refractivity contribution in [1.82, 2.24) is 0 Å². The Morgan fingerprint density at radius 3 is 1.54 bits per heavy atom. The zero-order chi connectivity index (χ0) is 29.7. The molecule has 0 heterocycles. The minimum Gasteiger partial charge on any atom is -0.322 e. The predicted molar refractivity (Wildman–Crippen MR) is 144 cm³/mol. The number of alkyl halides is 3. The topological polar surface area (TPSA) is 144 Å². The Kier molecular flexibility index (Phi) is 8.33. The molecule has 0 atom stereocenters. The molecule has 4 aromatic rings. The summed E-state index contributed by atoms with van der Waals surface area (Å²) in [6.07, 6.45) is -4.74. The molecule has 208 valence electrons. The van der Waals surface area contributed by atoms with Crippen molar-refractivity contribution in [2.75, 3.05) is 10.6 Å². The van der Waals surface area contributed by atoms with Gasteiger partial charge in [-0.1, -0.05) is 11.8 Å². The van der Waals surface area contributed by atoms with E-state index in [1.54, 1.807) is 0 Å². The number of non-ortho nitro benzene ring substituents is 2. The maximum atomic E-state index is 13.9. The number of benzene rings is 4. The average Bonchev–Trinajstić information content (AvgIpc) is 2.94. The molecular weight excluding hydrogens is 565 g/mol. The van der Waals surface area contributed by atoms with E-state index < -0.39 is 33.4 Å². The molecule has 10 nitrogen and oxygen atoms in total. The van der Waals surface area contributed by atoms with Crippen molar-refractivity contribution in [3.63, 3.8) is 0 Å². The van der Waals surface area contributed by atoms with Crippen LogP contribution in [-0.4, -0.2) is 21.7 Å². The highest BCUT2D eigenvalue weighted by Gasteiger charge is 2.34. The number of anilines is 2. The van der Waals surface area contributed by atoms with E-state index in [1.807, 2.05) is 0 Å². The SMILES string of the molecule is O=C(Nc1ccc(Sc2ccc(NC(=O)c3ccc([N+](=O)[O-])cc3)cc2C(F)(F)F)cc1)c1ccc([N+](=O)[O-])cc1. The van der Waals surface area contributed by atoms with Gasteiger partial charge in [0.15, 0.2) is 0 Å². The molecule has 41 heavy (non-hydrogen) atoms. The van der Waals surface area contributed by atoms with Crippen LogP contribution >= 0.6 is 11.8 Å². The largest absolute Gasteiger partial charge is 0.417 e. The Morgan fingerprint density at radius 1 is 0.659 bits per heavy atom. The smallest absolute Gasteiger partial charge is 0.322 e. The second-order valence-electron chi connectivity index (χ2n) is 8.35. The summed E-state index contributed by atoms with van der Waals surface area (Å²) < 4.78 is 41.6. The highest BCUT2D eigenvalue weighted by atomic mass is 32.2. The molecule has 0 aromatic heterocycles. The number of hydrogen-bond acceptors (Lipinski definition) is 7. The first-order chi connectivity index (χ1) is 19.4. The molecule has 0 spiro atoms. The van der Waals surface area contributed by atoms with Crippen LogP contribution in [0.25, 0.3) is 0 Å². The second kappa shape index (κ2) is 11.9. The van der Waals surface area contributed by atoms with E-state index in [2.05, 4.69) is 10.6 Å². The maximum absolute atomic E-state index is 13.9. The van der Waals surface area contributed by atoms with E-state index >= 15 is 0 Å². The van der Waals surface area contributed by atoms with Crippen LogP contribution in [0.5, 0.6) is 0 Å². The lowest BCUT2D eigenvalue weighted by Crippen LogP contribution is -2.14. The number of hydrogen-bond donors (Lipinski definition) is 2.